The number of hydrogen-bond donors (Lipinski definition) is 2. The van der Waals surface area contributed by atoms with Crippen LogP contribution in [-0.2, 0) is 16.6 Å². The number of amides is 1. The first-order valence-corrected chi connectivity index (χ1v) is 11.4. The van der Waals surface area contributed by atoms with E-state index >= 15 is 0 Å². The molecule has 0 aliphatic carbocycles. The average molecular weight is 439 g/mol. The molecule has 1 amide bonds. The maximum Gasteiger partial charge on any atom is 0.261 e. The number of anilines is 1. The minimum absolute atomic E-state index is 0.00526. The lowest BCUT2D eigenvalue weighted by atomic mass is 10.1. The molecular weight excluding hydrogens is 412 g/mol. The van der Waals surface area contributed by atoms with E-state index in [1.54, 1.807) is 25.1 Å². The summed E-state index contributed by atoms with van der Waals surface area (Å²) in [5.41, 5.74) is 3.34. The van der Waals surface area contributed by atoms with Gasteiger partial charge in [-0.2, -0.15) is 0 Å². The van der Waals surface area contributed by atoms with E-state index < -0.39 is 10.0 Å². The largest absolute Gasteiger partial charge is 0.395 e. The van der Waals surface area contributed by atoms with Crippen LogP contribution >= 0.6 is 0 Å². The molecule has 7 heteroatoms. The van der Waals surface area contributed by atoms with Crippen LogP contribution in [0.1, 0.15) is 27.0 Å². The van der Waals surface area contributed by atoms with Gasteiger partial charge >= 0.3 is 0 Å². The highest BCUT2D eigenvalue weighted by molar-refractivity contribution is 7.92. The average Bonchev–Trinajstić information content (AvgIpc) is 2.75. The van der Waals surface area contributed by atoms with E-state index in [-0.39, 0.29) is 29.5 Å². The maximum absolute atomic E-state index is 13.2. The molecule has 0 spiro atoms. The highest BCUT2D eigenvalue weighted by atomic mass is 32.2. The molecule has 0 radical (unpaired) electrons. The Morgan fingerprint density at radius 3 is 2.29 bits per heavy atom. The molecule has 0 bridgehead atoms. The molecule has 0 unspecified atom stereocenters. The zero-order chi connectivity index (χ0) is 22.4. The van der Waals surface area contributed by atoms with Crippen LogP contribution in [0.2, 0.25) is 0 Å². The first-order valence-electron chi connectivity index (χ1n) is 9.94. The van der Waals surface area contributed by atoms with Gasteiger partial charge in [-0.25, -0.2) is 8.42 Å². The molecule has 3 aromatic rings. The van der Waals surface area contributed by atoms with E-state index in [2.05, 4.69) is 4.72 Å². The highest BCUT2D eigenvalue weighted by Gasteiger charge is 2.22. The van der Waals surface area contributed by atoms with Crippen molar-refractivity contribution in [1.82, 2.24) is 4.90 Å². The number of aliphatic hydroxyl groups excluding tert-OH is 1. The Morgan fingerprint density at radius 2 is 1.65 bits per heavy atom. The van der Waals surface area contributed by atoms with E-state index in [0.717, 1.165) is 11.1 Å². The lowest BCUT2D eigenvalue weighted by Gasteiger charge is -2.23. The van der Waals surface area contributed by atoms with Crippen LogP contribution in [0.15, 0.2) is 77.7 Å². The molecule has 2 N–H and O–H groups in total. The summed E-state index contributed by atoms with van der Waals surface area (Å²) in [4.78, 5) is 14.8. The van der Waals surface area contributed by atoms with Gasteiger partial charge in [-0.1, -0.05) is 54.1 Å². The Morgan fingerprint density at radius 1 is 0.968 bits per heavy atom. The first kappa shape index (κ1) is 22.5. The van der Waals surface area contributed by atoms with Crippen molar-refractivity contribution in [1.29, 1.82) is 0 Å². The van der Waals surface area contributed by atoms with E-state index in [4.69, 9.17) is 0 Å². The quantitative estimate of drug-likeness (QED) is 0.561. The summed E-state index contributed by atoms with van der Waals surface area (Å²) in [5, 5.41) is 9.45. The number of carbonyl (C=O) groups excluding carboxylic acids is 1. The van der Waals surface area contributed by atoms with Crippen LogP contribution < -0.4 is 4.72 Å². The first-order chi connectivity index (χ1) is 14.8. The van der Waals surface area contributed by atoms with Gasteiger partial charge in [0.05, 0.1) is 11.5 Å². The van der Waals surface area contributed by atoms with Gasteiger partial charge in [-0.3, -0.25) is 9.52 Å². The topological polar surface area (TPSA) is 86.7 Å². The summed E-state index contributed by atoms with van der Waals surface area (Å²) in [6, 6.07) is 21.0. The Hall–Kier alpha value is -3.16. The molecular formula is C24H26N2O4S. The van der Waals surface area contributed by atoms with Crippen LogP contribution in [0, 0.1) is 13.8 Å². The number of nitrogens with zero attached hydrogens (tertiary/aromatic N) is 1. The van der Waals surface area contributed by atoms with E-state index in [0.29, 0.717) is 17.8 Å². The van der Waals surface area contributed by atoms with Gasteiger partial charge in [0.1, 0.15) is 0 Å². The molecule has 0 aromatic heterocycles. The summed E-state index contributed by atoms with van der Waals surface area (Å²) in [5.74, 6) is -0.331. The van der Waals surface area contributed by atoms with Crippen molar-refractivity contribution >= 4 is 21.6 Å². The lowest BCUT2D eigenvalue weighted by Crippen LogP contribution is -2.33. The zero-order valence-electron chi connectivity index (χ0n) is 17.6. The second kappa shape index (κ2) is 9.76. The maximum atomic E-state index is 13.2. The van der Waals surface area contributed by atoms with Crippen molar-refractivity contribution in [3.63, 3.8) is 0 Å². The molecule has 0 heterocycles. The molecule has 0 fully saturated rings. The number of sulfonamides is 1. The second-order valence-electron chi connectivity index (χ2n) is 7.38. The molecule has 31 heavy (non-hydrogen) atoms. The zero-order valence-corrected chi connectivity index (χ0v) is 18.4. The molecule has 0 atom stereocenters. The van der Waals surface area contributed by atoms with Crippen molar-refractivity contribution in [2.24, 2.45) is 0 Å². The second-order valence-corrected chi connectivity index (χ2v) is 9.07. The minimum Gasteiger partial charge on any atom is -0.395 e. The Kier molecular flexibility index (Phi) is 7.09. The summed E-state index contributed by atoms with van der Waals surface area (Å²) in [7, 11) is -3.87. The number of hydrogen-bond acceptors (Lipinski definition) is 4. The Labute approximate surface area is 183 Å². The van der Waals surface area contributed by atoms with Gasteiger partial charge in [-0.05, 0) is 49.2 Å². The van der Waals surface area contributed by atoms with E-state index in [1.807, 2.05) is 49.4 Å². The molecule has 6 nitrogen and oxygen atoms in total. The summed E-state index contributed by atoms with van der Waals surface area (Å²) < 4.78 is 28.3. The number of nitrogens with one attached hydrogen (secondary N) is 1. The van der Waals surface area contributed by atoms with Gasteiger partial charge in [0, 0.05) is 24.3 Å². The van der Waals surface area contributed by atoms with Crippen molar-refractivity contribution in [2.45, 2.75) is 25.3 Å². The van der Waals surface area contributed by atoms with E-state index in [9.17, 15) is 18.3 Å². The van der Waals surface area contributed by atoms with Crippen LogP contribution in [-0.4, -0.2) is 37.5 Å². The number of carbonyl (C=O) groups is 1. The molecule has 0 aliphatic rings. The standard InChI is InChI=1S/C24H26N2O4S/c1-18-8-11-21(12-9-18)25-31(29,30)22-13-10-19(2)23(16-22)24(28)26(14-15-27)17-20-6-4-3-5-7-20/h3-13,16,25,27H,14-15,17H2,1-2H3. The number of aliphatic hydroxyl groups is 1. The van der Waals surface area contributed by atoms with E-state index in [1.165, 1.54) is 17.0 Å². The number of benzene rings is 3. The normalized spacial score (nSPS) is 11.2. The van der Waals surface area contributed by atoms with Crippen molar-refractivity contribution < 1.29 is 18.3 Å². The van der Waals surface area contributed by atoms with Gasteiger partial charge in [0.15, 0.2) is 0 Å². The fourth-order valence-electron chi connectivity index (χ4n) is 3.18. The fraction of sp³-hybridized carbons (Fsp3) is 0.208. The number of aryl methyl sites for hydroxylation is 2. The monoisotopic (exact) mass is 438 g/mol. The molecule has 162 valence electrons. The number of rotatable bonds is 8. The molecule has 3 rings (SSSR count). The minimum atomic E-state index is -3.87. The molecule has 0 saturated heterocycles. The third-order valence-corrected chi connectivity index (χ3v) is 6.31. The van der Waals surface area contributed by atoms with Gasteiger partial charge in [0.2, 0.25) is 0 Å². The van der Waals surface area contributed by atoms with Crippen LogP contribution in [0.4, 0.5) is 5.69 Å². The predicted octanol–water partition coefficient (Wildman–Crippen LogP) is 3.74. The SMILES string of the molecule is Cc1ccc(NS(=O)(=O)c2ccc(C)c(C(=O)N(CCO)Cc3ccccc3)c2)cc1. The van der Waals surface area contributed by atoms with Gasteiger partial charge < -0.3 is 10.0 Å². The summed E-state index contributed by atoms with van der Waals surface area (Å²) >= 11 is 0. The molecule has 0 saturated carbocycles. The van der Waals surface area contributed by atoms with Crippen molar-refractivity contribution in [3.8, 4) is 0 Å². The lowest BCUT2D eigenvalue weighted by molar-refractivity contribution is 0.0707. The Balaban J connectivity index is 1.89. The summed E-state index contributed by atoms with van der Waals surface area (Å²) in [6.45, 7) is 3.95. The van der Waals surface area contributed by atoms with Crippen LogP contribution in [0.5, 0.6) is 0 Å². The van der Waals surface area contributed by atoms with Crippen LogP contribution in [0.25, 0.3) is 0 Å². The third kappa shape index (κ3) is 5.71. The predicted molar refractivity (Wildman–Crippen MR) is 121 cm³/mol. The smallest absolute Gasteiger partial charge is 0.261 e. The Bertz CT molecular complexity index is 1140. The van der Waals surface area contributed by atoms with Gasteiger partial charge in [0.25, 0.3) is 15.9 Å². The molecule has 3 aromatic carbocycles. The highest BCUT2D eigenvalue weighted by Crippen LogP contribution is 2.21. The van der Waals surface area contributed by atoms with Crippen molar-refractivity contribution in [3.05, 3.63) is 95.1 Å². The van der Waals surface area contributed by atoms with Gasteiger partial charge in [-0.15, -0.1) is 0 Å². The van der Waals surface area contributed by atoms with Crippen LogP contribution in [0.3, 0.4) is 0 Å². The van der Waals surface area contributed by atoms with Crippen molar-refractivity contribution in [2.75, 3.05) is 17.9 Å². The molecule has 0 aliphatic heterocycles. The third-order valence-electron chi connectivity index (χ3n) is 4.93. The summed E-state index contributed by atoms with van der Waals surface area (Å²) in [6.07, 6.45) is 0. The fourth-order valence-corrected chi connectivity index (χ4v) is 4.27.